The Morgan fingerprint density at radius 3 is 2.65 bits per heavy atom. The second-order valence-electron chi connectivity index (χ2n) is 8.18. The summed E-state index contributed by atoms with van der Waals surface area (Å²) >= 11 is 0. The molecule has 0 spiro atoms. The molecule has 0 aliphatic carbocycles. The number of halogens is 1. The van der Waals surface area contributed by atoms with Crippen LogP contribution in [0, 0.1) is 12.7 Å². The van der Waals surface area contributed by atoms with Crippen molar-refractivity contribution in [2.75, 3.05) is 49.1 Å². The number of amides is 2. The van der Waals surface area contributed by atoms with Gasteiger partial charge in [0.15, 0.2) is 0 Å². The van der Waals surface area contributed by atoms with Crippen molar-refractivity contribution in [1.29, 1.82) is 0 Å². The predicted molar refractivity (Wildman–Crippen MR) is 119 cm³/mol. The number of ether oxygens (including phenoxy) is 2. The van der Waals surface area contributed by atoms with Crippen molar-refractivity contribution >= 4 is 29.3 Å². The molecule has 0 radical (unpaired) electrons. The van der Waals surface area contributed by atoms with Crippen LogP contribution < -0.4 is 9.80 Å². The Balaban J connectivity index is 1.34. The average Bonchev–Trinajstić information content (AvgIpc) is 3.38. The first-order valence-corrected chi connectivity index (χ1v) is 11.2. The van der Waals surface area contributed by atoms with Crippen LogP contribution in [0.15, 0.2) is 24.4 Å². The predicted octanol–water partition coefficient (Wildman–Crippen LogP) is 1.35. The molecule has 1 aromatic heterocycles. The number of anilines is 2. The second-order valence-corrected chi connectivity index (χ2v) is 8.18. The smallest absolute Gasteiger partial charge is 0.414 e. The van der Waals surface area contributed by atoms with E-state index in [1.165, 1.54) is 11.0 Å². The number of nitrogens with zero attached hydrogens (tertiary/aromatic N) is 6. The van der Waals surface area contributed by atoms with E-state index in [1.54, 1.807) is 34.8 Å². The molecule has 1 atom stereocenters. The van der Waals surface area contributed by atoms with Crippen LogP contribution in [0.1, 0.15) is 19.0 Å². The van der Waals surface area contributed by atoms with Crippen molar-refractivity contribution < 1.29 is 28.2 Å². The summed E-state index contributed by atoms with van der Waals surface area (Å²) in [4.78, 5) is 40.9. The largest absolute Gasteiger partial charge is 0.466 e. The van der Waals surface area contributed by atoms with Crippen molar-refractivity contribution in [3.05, 3.63) is 35.9 Å². The zero-order valence-electron chi connectivity index (χ0n) is 19.1. The minimum atomic E-state index is -0.546. The third-order valence-corrected chi connectivity index (χ3v) is 5.73. The SMILES string of the molecule is CCOC(=O)CC(=O)N1CCN(c2ccc(N3C[C@H](Cn4cc(C)nn4)OC3=O)cc2F)CC1. The zero-order valence-corrected chi connectivity index (χ0v) is 19.1. The topological polar surface area (TPSA) is 110 Å². The molecule has 1 aromatic carbocycles. The van der Waals surface area contributed by atoms with Gasteiger partial charge in [0.05, 0.1) is 36.8 Å². The summed E-state index contributed by atoms with van der Waals surface area (Å²) in [6.07, 6.45) is 0.509. The van der Waals surface area contributed by atoms with Gasteiger partial charge in [-0.05, 0) is 32.0 Å². The van der Waals surface area contributed by atoms with Crippen molar-refractivity contribution in [2.45, 2.75) is 32.9 Å². The summed E-state index contributed by atoms with van der Waals surface area (Å²) in [5, 5.41) is 7.88. The number of hydrogen-bond acceptors (Lipinski definition) is 8. The Labute approximate surface area is 196 Å². The molecule has 0 bridgehead atoms. The first-order chi connectivity index (χ1) is 16.3. The highest BCUT2D eigenvalue weighted by Crippen LogP contribution is 2.29. The Hall–Kier alpha value is -3.70. The lowest BCUT2D eigenvalue weighted by molar-refractivity contribution is -0.148. The Kier molecular flexibility index (Phi) is 6.94. The third kappa shape index (κ3) is 5.26. The molecule has 12 heteroatoms. The average molecular weight is 474 g/mol. The molecule has 2 aromatic rings. The number of esters is 1. The third-order valence-electron chi connectivity index (χ3n) is 5.73. The standard InChI is InChI=1S/C22H27FN6O5/c1-3-33-21(31)11-20(30)27-8-6-26(7-9-27)19-5-4-16(10-18(19)23)29-14-17(34-22(29)32)13-28-12-15(2)24-25-28/h4-5,10,12,17H,3,6-9,11,13-14H2,1-2H3/t17-/m0/s1. The van der Waals surface area contributed by atoms with Crippen molar-refractivity contribution in [2.24, 2.45) is 0 Å². The summed E-state index contributed by atoms with van der Waals surface area (Å²) in [6.45, 7) is 5.98. The molecule has 2 aliphatic rings. The fourth-order valence-electron chi connectivity index (χ4n) is 4.08. The van der Waals surface area contributed by atoms with Crippen LogP contribution in [0.5, 0.6) is 0 Å². The molecular weight excluding hydrogens is 447 g/mol. The quantitative estimate of drug-likeness (QED) is 0.437. The molecule has 0 saturated carbocycles. The molecule has 34 heavy (non-hydrogen) atoms. The van der Waals surface area contributed by atoms with Crippen molar-refractivity contribution in [1.82, 2.24) is 19.9 Å². The van der Waals surface area contributed by atoms with Crippen LogP contribution in [0.3, 0.4) is 0 Å². The first kappa shape index (κ1) is 23.5. The lowest BCUT2D eigenvalue weighted by Gasteiger charge is -2.36. The number of rotatable bonds is 7. The molecular formula is C22H27FN6O5. The number of carbonyl (C=O) groups is 3. The van der Waals surface area contributed by atoms with E-state index in [9.17, 15) is 18.8 Å². The second kappa shape index (κ2) is 10.1. The highest BCUT2D eigenvalue weighted by Gasteiger charge is 2.33. The van der Waals surface area contributed by atoms with Gasteiger partial charge >= 0.3 is 12.1 Å². The van der Waals surface area contributed by atoms with Crippen LogP contribution in [-0.2, 0) is 25.6 Å². The van der Waals surface area contributed by atoms with Gasteiger partial charge in [0.25, 0.3) is 0 Å². The maximum atomic E-state index is 15.0. The van der Waals surface area contributed by atoms with E-state index in [0.29, 0.717) is 44.1 Å². The van der Waals surface area contributed by atoms with Crippen molar-refractivity contribution in [3.63, 3.8) is 0 Å². The maximum Gasteiger partial charge on any atom is 0.414 e. The van der Waals surface area contributed by atoms with Crippen LogP contribution >= 0.6 is 0 Å². The van der Waals surface area contributed by atoms with Gasteiger partial charge in [0.1, 0.15) is 18.3 Å². The minimum Gasteiger partial charge on any atom is -0.466 e. The number of piperazine rings is 1. The highest BCUT2D eigenvalue weighted by molar-refractivity contribution is 5.94. The normalized spacial score (nSPS) is 18.3. The number of carbonyl (C=O) groups excluding carboxylic acids is 3. The fraction of sp³-hybridized carbons (Fsp3) is 0.500. The summed E-state index contributed by atoms with van der Waals surface area (Å²) < 4.78 is 26.8. The monoisotopic (exact) mass is 474 g/mol. The van der Waals surface area contributed by atoms with Gasteiger partial charge in [-0.15, -0.1) is 5.10 Å². The summed E-state index contributed by atoms with van der Waals surface area (Å²) in [5.74, 6) is -1.31. The number of aromatic nitrogens is 3. The molecule has 2 aliphatic heterocycles. The van der Waals surface area contributed by atoms with Crippen LogP contribution in [-0.4, -0.2) is 83.3 Å². The van der Waals surface area contributed by atoms with Crippen LogP contribution in [0.2, 0.25) is 0 Å². The molecule has 2 amide bonds. The molecule has 4 rings (SSSR count). The fourth-order valence-corrected chi connectivity index (χ4v) is 4.08. The number of aryl methyl sites for hydroxylation is 1. The van der Waals surface area contributed by atoms with Gasteiger partial charge in [0, 0.05) is 32.4 Å². The molecule has 0 unspecified atom stereocenters. The van der Waals surface area contributed by atoms with E-state index in [0.717, 1.165) is 5.69 Å². The van der Waals surface area contributed by atoms with E-state index in [1.807, 2.05) is 11.8 Å². The Bertz CT molecular complexity index is 1070. The minimum absolute atomic E-state index is 0.229. The summed E-state index contributed by atoms with van der Waals surface area (Å²) in [5.41, 5.74) is 1.57. The number of benzene rings is 1. The summed E-state index contributed by atoms with van der Waals surface area (Å²) in [7, 11) is 0. The lowest BCUT2D eigenvalue weighted by Crippen LogP contribution is -2.49. The van der Waals surface area contributed by atoms with E-state index in [4.69, 9.17) is 9.47 Å². The lowest BCUT2D eigenvalue weighted by atomic mass is 10.2. The zero-order chi connectivity index (χ0) is 24.2. The molecule has 182 valence electrons. The van der Waals surface area contributed by atoms with E-state index in [-0.39, 0.29) is 25.5 Å². The molecule has 0 N–H and O–H groups in total. The van der Waals surface area contributed by atoms with E-state index in [2.05, 4.69) is 10.3 Å². The van der Waals surface area contributed by atoms with E-state index >= 15 is 0 Å². The first-order valence-electron chi connectivity index (χ1n) is 11.2. The molecule has 11 nitrogen and oxygen atoms in total. The summed E-state index contributed by atoms with van der Waals surface area (Å²) in [6, 6.07) is 4.62. The molecule has 2 saturated heterocycles. The number of hydrogen-bond donors (Lipinski definition) is 0. The van der Waals surface area contributed by atoms with Gasteiger partial charge in [-0.1, -0.05) is 5.21 Å². The van der Waals surface area contributed by atoms with E-state index < -0.39 is 24.0 Å². The van der Waals surface area contributed by atoms with Crippen molar-refractivity contribution in [3.8, 4) is 0 Å². The van der Waals surface area contributed by atoms with Crippen LogP contribution in [0.4, 0.5) is 20.6 Å². The Morgan fingerprint density at radius 1 is 1.24 bits per heavy atom. The van der Waals surface area contributed by atoms with Gasteiger partial charge in [0.2, 0.25) is 5.91 Å². The number of cyclic esters (lactones) is 1. The molecule has 2 fully saturated rings. The van der Waals surface area contributed by atoms with Gasteiger partial charge in [-0.2, -0.15) is 0 Å². The maximum absolute atomic E-state index is 15.0. The van der Waals surface area contributed by atoms with Gasteiger partial charge in [-0.3, -0.25) is 14.5 Å². The molecule has 3 heterocycles. The van der Waals surface area contributed by atoms with Gasteiger partial charge in [-0.25, -0.2) is 13.9 Å². The highest BCUT2D eigenvalue weighted by atomic mass is 19.1. The Morgan fingerprint density at radius 2 is 2.00 bits per heavy atom. The van der Waals surface area contributed by atoms with Crippen LogP contribution in [0.25, 0.3) is 0 Å². The van der Waals surface area contributed by atoms with Gasteiger partial charge < -0.3 is 19.3 Å².